The molecule has 0 fully saturated rings. The molecule has 1 heterocycles. The summed E-state index contributed by atoms with van der Waals surface area (Å²) in [5, 5.41) is 0. The molecule has 0 aliphatic rings. The molecule has 0 aliphatic heterocycles. The van der Waals surface area contributed by atoms with E-state index in [0.717, 1.165) is 16.6 Å². The van der Waals surface area contributed by atoms with Crippen LogP contribution in [0.1, 0.15) is 0 Å². The predicted octanol–water partition coefficient (Wildman–Crippen LogP) is 4.07. The Bertz CT molecular complexity index is 980. The number of alkyl halides is 3. The fourth-order valence-corrected chi connectivity index (χ4v) is 2.35. The molecule has 1 aromatic heterocycles. The lowest BCUT2D eigenvalue weighted by atomic mass is 10.2. The summed E-state index contributed by atoms with van der Waals surface area (Å²) in [6, 6.07) is 14.4. The summed E-state index contributed by atoms with van der Waals surface area (Å²) in [7, 11) is 0. The van der Waals surface area contributed by atoms with Gasteiger partial charge in [-0.1, -0.05) is 12.1 Å². The van der Waals surface area contributed by atoms with Crippen LogP contribution in [0.5, 0.6) is 5.75 Å². The molecule has 0 amide bonds. The Kier molecular flexibility index (Phi) is 6.13. The van der Waals surface area contributed by atoms with Crippen molar-refractivity contribution < 1.29 is 31.9 Å². The highest BCUT2D eigenvalue weighted by molar-refractivity contribution is 5.79. The SMILES string of the molecule is O=C(ONC/C(=C\F)COc1ccc(-c2nc3ccccc3[nH]2)cc1)C(F)(F)F. The smallest absolute Gasteiger partial charge is 0.489 e. The van der Waals surface area contributed by atoms with Gasteiger partial charge in [-0.05, 0) is 36.4 Å². The summed E-state index contributed by atoms with van der Waals surface area (Å²) in [6.45, 7) is -0.716. The number of carbonyl (C=O) groups excluding carboxylic acids is 1. The first-order valence-electron chi connectivity index (χ1n) is 8.34. The largest absolute Gasteiger partial charge is 0.492 e. The molecule has 2 N–H and O–H groups in total. The number of hydrogen-bond donors (Lipinski definition) is 2. The van der Waals surface area contributed by atoms with Gasteiger partial charge in [-0.3, -0.25) is 0 Å². The van der Waals surface area contributed by atoms with Crippen LogP contribution in [-0.2, 0) is 9.63 Å². The number of fused-ring (bicyclic) bond motifs is 1. The van der Waals surface area contributed by atoms with Crippen LogP contribution in [0.25, 0.3) is 22.4 Å². The number of H-pyrrole nitrogens is 1. The highest BCUT2D eigenvalue weighted by Gasteiger charge is 2.41. The summed E-state index contributed by atoms with van der Waals surface area (Å²) in [5.41, 5.74) is 4.25. The third-order valence-corrected chi connectivity index (χ3v) is 3.79. The molecule has 0 saturated heterocycles. The molecular formula is C19H15F4N3O3. The molecule has 152 valence electrons. The molecule has 2 aromatic carbocycles. The Morgan fingerprint density at radius 3 is 2.52 bits per heavy atom. The van der Waals surface area contributed by atoms with E-state index in [9.17, 15) is 22.4 Å². The fraction of sp³-hybridized carbons (Fsp3) is 0.158. The summed E-state index contributed by atoms with van der Waals surface area (Å²) in [6.07, 6.45) is -4.97. The first-order valence-corrected chi connectivity index (χ1v) is 8.34. The maximum Gasteiger partial charge on any atom is 0.492 e. The van der Waals surface area contributed by atoms with E-state index in [2.05, 4.69) is 14.8 Å². The van der Waals surface area contributed by atoms with E-state index in [-0.39, 0.29) is 18.5 Å². The van der Waals surface area contributed by atoms with Crippen LogP contribution < -0.4 is 10.2 Å². The minimum Gasteiger partial charge on any atom is -0.489 e. The van der Waals surface area contributed by atoms with Crippen molar-refractivity contribution in [2.24, 2.45) is 0 Å². The normalized spacial score (nSPS) is 12.2. The second kappa shape index (κ2) is 8.74. The molecule has 3 rings (SSSR count). The molecule has 0 spiro atoms. The first kappa shape index (κ1) is 20.3. The second-order valence-electron chi connectivity index (χ2n) is 5.89. The summed E-state index contributed by atoms with van der Waals surface area (Å²) < 4.78 is 54.3. The number of carbonyl (C=O) groups is 1. The Hall–Kier alpha value is -3.40. The minimum atomic E-state index is -5.13. The summed E-state index contributed by atoms with van der Waals surface area (Å²) in [5.74, 6) is -1.33. The van der Waals surface area contributed by atoms with Crippen molar-refractivity contribution in [1.82, 2.24) is 15.4 Å². The van der Waals surface area contributed by atoms with Crippen molar-refractivity contribution in [3.63, 3.8) is 0 Å². The third kappa shape index (κ3) is 5.32. The van der Waals surface area contributed by atoms with Gasteiger partial charge in [0.1, 0.15) is 18.2 Å². The van der Waals surface area contributed by atoms with Gasteiger partial charge in [-0.2, -0.15) is 13.2 Å². The topological polar surface area (TPSA) is 76.2 Å². The van der Waals surface area contributed by atoms with Crippen LogP contribution in [0.4, 0.5) is 17.6 Å². The van der Waals surface area contributed by atoms with Crippen LogP contribution in [0.3, 0.4) is 0 Å². The molecule has 0 unspecified atom stereocenters. The van der Waals surface area contributed by atoms with Crippen LogP contribution >= 0.6 is 0 Å². The second-order valence-corrected chi connectivity index (χ2v) is 5.89. The fourth-order valence-electron chi connectivity index (χ4n) is 2.35. The number of nitrogens with one attached hydrogen (secondary N) is 2. The van der Waals surface area contributed by atoms with Gasteiger partial charge in [0.15, 0.2) is 0 Å². The number of ether oxygens (including phenoxy) is 1. The van der Waals surface area contributed by atoms with E-state index in [4.69, 9.17) is 4.74 Å². The third-order valence-electron chi connectivity index (χ3n) is 3.79. The first-order chi connectivity index (χ1) is 13.9. The van der Waals surface area contributed by atoms with Gasteiger partial charge in [0, 0.05) is 11.1 Å². The van der Waals surface area contributed by atoms with Gasteiger partial charge in [0.2, 0.25) is 0 Å². The van der Waals surface area contributed by atoms with Gasteiger partial charge in [-0.15, -0.1) is 5.48 Å². The molecule has 0 atom stereocenters. The summed E-state index contributed by atoms with van der Waals surface area (Å²) in [4.78, 5) is 22.0. The van der Waals surface area contributed by atoms with Crippen LogP contribution in [0.2, 0.25) is 0 Å². The number of hydrogen-bond acceptors (Lipinski definition) is 5. The van der Waals surface area contributed by atoms with Crippen molar-refractivity contribution >= 4 is 17.0 Å². The highest BCUT2D eigenvalue weighted by atomic mass is 19.4. The molecule has 10 heteroatoms. The molecule has 29 heavy (non-hydrogen) atoms. The lowest BCUT2D eigenvalue weighted by Crippen LogP contribution is -2.32. The number of aromatic nitrogens is 2. The van der Waals surface area contributed by atoms with Gasteiger partial charge in [-0.25, -0.2) is 14.2 Å². The van der Waals surface area contributed by atoms with Gasteiger partial charge in [0.25, 0.3) is 0 Å². The lowest BCUT2D eigenvalue weighted by molar-refractivity contribution is -0.206. The molecule has 0 aliphatic carbocycles. The maximum atomic E-state index is 12.8. The van der Waals surface area contributed by atoms with E-state index < -0.39 is 18.7 Å². The quantitative estimate of drug-likeness (QED) is 0.455. The molecular weight excluding hydrogens is 394 g/mol. The number of nitrogens with zero attached hydrogens (tertiary/aromatic N) is 1. The van der Waals surface area contributed by atoms with Crippen LogP contribution in [0, 0.1) is 0 Å². The van der Waals surface area contributed by atoms with Crippen molar-refractivity contribution in [2.75, 3.05) is 13.2 Å². The number of rotatable bonds is 7. The molecule has 3 aromatic rings. The number of para-hydroxylation sites is 2. The molecule has 0 bridgehead atoms. The number of aromatic amines is 1. The zero-order valence-corrected chi connectivity index (χ0v) is 14.8. The Labute approximate surface area is 162 Å². The average Bonchev–Trinajstić information content (AvgIpc) is 3.14. The average molecular weight is 409 g/mol. The highest BCUT2D eigenvalue weighted by Crippen LogP contribution is 2.23. The lowest BCUT2D eigenvalue weighted by Gasteiger charge is -2.11. The zero-order valence-electron chi connectivity index (χ0n) is 14.8. The zero-order chi connectivity index (χ0) is 20.9. The van der Waals surface area contributed by atoms with Crippen molar-refractivity contribution in [2.45, 2.75) is 6.18 Å². The van der Waals surface area contributed by atoms with E-state index >= 15 is 0 Å². The van der Waals surface area contributed by atoms with E-state index in [1.807, 2.05) is 24.3 Å². The van der Waals surface area contributed by atoms with E-state index in [1.54, 1.807) is 29.7 Å². The van der Waals surface area contributed by atoms with Gasteiger partial charge >= 0.3 is 12.1 Å². The monoisotopic (exact) mass is 409 g/mol. The van der Waals surface area contributed by atoms with E-state index in [1.165, 1.54) is 0 Å². The van der Waals surface area contributed by atoms with Gasteiger partial charge < -0.3 is 14.6 Å². The Morgan fingerprint density at radius 1 is 1.14 bits per heavy atom. The number of hydroxylamine groups is 1. The van der Waals surface area contributed by atoms with Crippen molar-refractivity contribution in [3.05, 3.63) is 60.4 Å². The number of benzene rings is 2. The number of halogens is 4. The Balaban J connectivity index is 1.53. The molecule has 0 saturated carbocycles. The predicted molar refractivity (Wildman–Crippen MR) is 96.4 cm³/mol. The van der Waals surface area contributed by atoms with E-state index in [0.29, 0.717) is 11.6 Å². The van der Waals surface area contributed by atoms with Crippen LogP contribution in [-0.4, -0.2) is 35.3 Å². The Morgan fingerprint density at radius 2 is 1.86 bits per heavy atom. The minimum absolute atomic E-state index is 0.0543. The molecule has 0 radical (unpaired) electrons. The van der Waals surface area contributed by atoms with Gasteiger partial charge in [0.05, 0.1) is 23.9 Å². The number of imidazole rings is 1. The van der Waals surface area contributed by atoms with Crippen LogP contribution in [0.15, 0.2) is 60.4 Å². The maximum absolute atomic E-state index is 12.8. The standard InChI is InChI=1S/C19H15F4N3O3/c20-9-12(10-24-29-18(27)19(21,22)23)11-28-14-7-5-13(6-8-14)17-25-15-3-1-2-4-16(15)26-17/h1-9,24H,10-11H2,(H,25,26)/b12-9+. The summed E-state index contributed by atoms with van der Waals surface area (Å²) >= 11 is 0. The molecule has 6 nitrogen and oxygen atoms in total. The van der Waals surface area contributed by atoms with Crippen molar-refractivity contribution in [1.29, 1.82) is 0 Å². The van der Waals surface area contributed by atoms with Crippen molar-refractivity contribution in [3.8, 4) is 17.1 Å².